The summed E-state index contributed by atoms with van der Waals surface area (Å²) in [6.45, 7) is 10.3. The van der Waals surface area contributed by atoms with Crippen LogP contribution < -0.4 is 0 Å². The Balaban J connectivity index is 2.09. The number of aryl methyl sites for hydroxylation is 1. The number of hydrogen-bond donors (Lipinski definition) is 0. The number of rotatable bonds is 4. The zero-order valence-corrected chi connectivity index (χ0v) is 12.1. The van der Waals surface area contributed by atoms with Crippen LogP contribution in [0, 0.1) is 0 Å². The van der Waals surface area contributed by atoms with Crippen molar-refractivity contribution in [1.82, 2.24) is 9.88 Å². The number of aromatic nitrogens is 1. The van der Waals surface area contributed by atoms with Gasteiger partial charge < -0.3 is 0 Å². The Bertz CT molecular complexity index is 379. The van der Waals surface area contributed by atoms with Crippen molar-refractivity contribution < 1.29 is 0 Å². The van der Waals surface area contributed by atoms with Crippen molar-refractivity contribution in [3.05, 3.63) is 29.1 Å². The fourth-order valence-electron chi connectivity index (χ4n) is 2.84. The second-order valence-electron chi connectivity index (χ2n) is 5.73. The number of piperidine rings is 1. The van der Waals surface area contributed by atoms with Crippen molar-refractivity contribution >= 4 is 0 Å². The van der Waals surface area contributed by atoms with E-state index in [0.717, 1.165) is 13.0 Å². The van der Waals surface area contributed by atoms with Crippen LogP contribution in [-0.4, -0.2) is 23.0 Å². The predicted octanol–water partition coefficient (Wildman–Crippen LogP) is 3.75. The lowest BCUT2D eigenvalue weighted by molar-refractivity contribution is 0.220. The smallest absolute Gasteiger partial charge is 0.0461 e. The summed E-state index contributed by atoms with van der Waals surface area (Å²) in [5.41, 5.74) is 4.09. The van der Waals surface area contributed by atoms with E-state index >= 15 is 0 Å². The second kappa shape index (κ2) is 6.33. The van der Waals surface area contributed by atoms with Crippen LogP contribution in [0.4, 0.5) is 0 Å². The fraction of sp³-hybridized carbons (Fsp3) is 0.688. The van der Waals surface area contributed by atoms with Crippen LogP contribution in [0.2, 0.25) is 0 Å². The first kappa shape index (κ1) is 13.5. The lowest BCUT2D eigenvalue weighted by Crippen LogP contribution is -2.29. The first-order valence-electron chi connectivity index (χ1n) is 7.40. The number of likely N-dealkylation sites (tertiary alicyclic amines) is 1. The molecule has 1 fully saturated rings. The quantitative estimate of drug-likeness (QED) is 0.804. The van der Waals surface area contributed by atoms with Crippen LogP contribution in [0.15, 0.2) is 12.3 Å². The monoisotopic (exact) mass is 246 g/mol. The molecule has 18 heavy (non-hydrogen) atoms. The van der Waals surface area contributed by atoms with Crippen LogP contribution in [0.3, 0.4) is 0 Å². The molecule has 1 aliphatic rings. The van der Waals surface area contributed by atoms with E-state index in [1.807, 2.05) is 0 Å². The number of nitrogens with zero attached hydrogens (tertiary/aromatic N) is 2. The zero-order valence-electron chi connectivity index (χ0n) is 12.1. The summed E-state index contributed by atoms with van der Waals surface area (Å²) in [6.07, 6.45) is 7.30. The maximum Gasteiger partial charge on any atom is 0.0461 e. The molecule has 0 bridgehead atoms. The molecule has 0 N–H and O–H groups in total. The van der Waals surface area contributed by atoms with E-state index in [9.17, 15) is 0 Å². The minimum absolute atomic E-state index is 0.531. The third kappa shape index (κ3) is 3.32. The van der Waals surface area contributed by atoms with Crippen LogP contribution >= 0.6 is 0 Å². The van der Waals surface area contributed by atoms with Crippen molar-refractivity contribution in [2.75, 3.05) is 13.1 Å². The molecule has 1 aliphatic heterocycles. The molecule has 0 atom stereocenters. The minimum Gasteiger partial charge on any atom is -0.299 e. The fourth-order valence-corrected chi connectivity index (χ4v) is 2.84. The van der Waals surface area contributed by atoms with Gasteiger partial charge in [0.05, 0.1) is 0 Å². The Hall–Kier alpha value is -0.890. The molecule has 0 aromatic carbocycles. The molecule has 0 saturated carbocycles. The normalized spacial score (nSPS) is 17.3. The third-order valence-electron chi connectivity index (χ3n) is 3.84. The summed E-state index contributed by atoms with van der Waals surface area (Å²) in [7, 11) is 0. The Morgan fingerprint density at radius 2 is 1.94 bits per heavy atom. The Morgan fingerprint density at radius 3 is 2.56 bits per heavy atom. The lowest BCUT2D eigenvalue weighted by Gasteiger charge is -2.26. The molecule has 0 radical (unpaired) electrons. The van der Waals surface area contributed by atoms with E-state index in [-0.39, 0.29) is 0 Å². The first-order chi connectivity index (χ1) is 8.70. The van der Waals surface area contributed by atoms with Gasteiger partial charge in [0.2, 0.25) is 0 Å². The Kier molecular flexibility index (Phi) is 4.76. The highest BCUT2D eigenvalue weighted by Gasteiger charge is 2.12. The van der Waals surface area contributed by atoms with Gasteiger partial charge in [-0.15, -0.1) is 0 Å². The molecule has 0 amide bonds. The van der Waals surface area contributed by atoms with Gasteiger partial charge in [-0.1, -0.05) is 33.3 Å². The molecule has 2 heterocycles. The predicted molar refractivity (Wildman–Crippen MR) is 76.8 cm³/mol. The third-order valence-corrected chi connectivity index (χ3v) is 3.84. The topological polar surface area (TPSA) is 16.1 Å². The van der Waals surface area contributed by atoms with Gasteiger partial charge in [0.15, 0.2) is 0 Å². The van der Waals surface area contributed by atoms with Gasteiger partial charge in [-0.25, -0.2) is 0 Å². The van der Waals surface area contributed by atoms with E-state index in [1.54, 1.807) is 0 Å². The summed E-state index contributed by atoms with van der Waals surface area (Å²) in [5, 5.41) is 0. The Labute approximate surface area is 111 Å². The summed E-state index contributed by atoms with van der Waals surface area (Å²) >= 11 is 0. The van der Waals surface area contributed by atoms with Crippen molar-refractivity contribution in [3.8, 4) is 0 Å². The molecule has 0 spiro atoms. The van der Waals surface area contributed by atoms with Gasteiger partial charge in [0.25, 0.3) is 0 Å². The summed E-state index contributed by atoms with van der Waals surface area (Å²) in [6, 6.07) is 2.37. The molecule has 2 nitrogen and oxygen atoms in total. The molecule has 1 aromatic rings. The highest BCUT2D eigenvalue weighted by Crippen LogP contribution is 2.20. The van der Waals surface area contributed by atoms with Gasteiger partial charge in [0.1, 0.15) is 0 Å². The molecule has 2 heteroatoms. The van der Waals surface area contributed by atoms with Crippen molar-refractivity contribution in [2.24, 2.45) is 0 Å². The van der Waals surface area contributed by atoms with Crippen LogP contribution in [0.25, 0.3) is 0 Å². The van der Waals surface area contributed by atoms with E-state index in [4.69, 9.17) is 0 Å². The molecule has 0 unspecified atom stereocenters. The molecular formula is C16H26N2. The number of hydrogen-bond acceptors (Lipinski definition) is 2. The van der Waals surface area contributed by atoms with Crippen LogP contribution in [0.5, 0.6) is 0 Å². The van der Waals surface area contributed by atoms with Gasteiger partial charge in [0, 0.05) is 18.4 Å². The van der Waals surface area contributed by atoms with Gasteiger partial charge in [-0.3, -0.25) is 9.88 Å². The summed E-state index contributed by atoms with van der Waals surface area (Å²) in [5.74, 6) is 0.531. The van der Waals surface area contributed by atoms with Gasteiger partial charge in [-0.05, 0) is 49.4 Å². The van der Waals surface area contributed by atoms with Gasteiger partial charge in [-0.2, -0.15) is 0 Å². The maximum absolute atomic E-state index is 4.69. The van der Waals surface area contributed by atoms with Crippen molar-refractivity contribution in [2.45, 2.75) is 58.9 Å². The maximum atomic E-state index is 4.69. The van der Waals surface area contributed by atoms with E-state index in [1.165, 1.54) is 49.2 Å². The van der Waals surface area contributed by atoms with Crippen molar-refractivity contribution in [3.63, 3.8) is 0 Å². The summed E-state index contributed by atoms with van der Waals surface area (Å²) < 4.78 is 0. The van der Waals surface area contributed by atoms with Crippen LogP contribution in [0.1, 0.15) is 62.8 Å². The summed E-state index contributed by atoms with van der Waals surface area (Å²) in [4.78, 5) is 7.25. The highest BCUT2D eigenvalue weighted by atomic mass is 15.1. The number of pyridine rings is 1. The average molecular weight is 246 g/mol. The van der Waals surface area contributed by atoms with Crippen molar-refractivity contribution in [1.29, 1.82) is 0 Å². The van der Waals surface area contributed by atoms with E-state index in [2.05, 4.69) is 42.9 Å². The first-order valence-corrected chi connectivity index (χ1v) is 7.40. The average Bonchev–Trinajstić information content (AvgIpc) is 2.39. The largest absolute Gasteiger partial charge is 0.299 e. The molecule has 1 aromatic heterocycles. The molecule has 1 saturated heterocycles. The lowest BCUT2D eigenvalue weighted by atomic mass is 10.00. The highest BCUT2D eigenvalue weighted by molar-refractivity contribution is 5.27. The minimum atomic E-state index is 0.531. The van der Waals surface area contributed by atoms with E-state index < -0.39 is 0 Å². The zero-order chi connectivity index (χ0) is 13.0. The van der Waals surface area contributed by atoms with E-state index in [0.29, 0.717) is 5.92 Å². The van der Waals surface area contributed by atoms with Crippen LogP contribution in [-0.2, 0) is 13.0 Å². The SMILES string of the molecule is CCc1cc(CN2CCCCC2)cnc1C(C)C. The Morgan fingerprint density at radius 1 is 1.22 bits per heavy atom. The molecule has 100 valence electrons. The molecule has 0 aliphatic carbocycles. The second-order valence-corrected chi connectivity index (χ2v) is 5.73. The molecular weight excluding hydrogens is 220 g/mol. The van der Waals surface area contributed by atoms with Gasteiger partial charge >= 0.3 is 0 Å². The molecule has 2 rings (SSSR count). The standard InChI is InChI=1S/C16H26N2/c1-4-15-10-14(11-17-16(15)13(2)3)12-18-8-6-5-7-9-18/h10-11,13H,4-9,12H2,1-3H3.